The van der Waals surface area contributed by atoms with E-state index in [-0.39, 0.29) is 24.2 Å². The number of nitrogens with two attached hydrogens (primary N) is 1. The summed E-state index contributed by atoms with van der Waals surface area (Å²) in [5.74, 6) is -2.77. The molecule has 1 fully saturated rings. The Kier molecular flexibility index (Phi) is 8.68. The summed E-state index contributed by atoms with van der Waals surface area (Å²) < 4.78 is 61.6. The first kappa shape index (κ1) is 31.1. The zero-order chi connectivity index (χ0) is 30.2. The van der Waals surface area contributed by atoms with E-state index in [1.807, 2.05) is 0 Å². The van der Waals surface area contributed by atoms with Gasteiger partial charge in [-0.05, 0) is 64.2 Å². The average Bonchev–Trinajstić information content (AvgIpc) is 3.31. The van der Waals surface area contributed by atoms with Crippen LogP contribution in [0, 0.1) is 0 Å². The number of nitrogens with one attached hydrogen (secondary N) is 1. The fraction of sp³-hybridized carbons (Fsp3) is 0.556. The van der Waals surface area contributed by atoms with Crippen molar-refractivity contribution in [2.75, 3.05) is 11.9 Å². The van der Waals surface area contributed by atoms with Crippen molar-refractivity contribution >= 4 is 29.5 Å². The van der Waals surface area contributed by atoms with Gasteiger partial charge in [-0.15, -0.1) is 0 Å². The Hall–Kier alpha value is -3.48. The van der Waals surface area contributed by atoms with Gasteiger partial charge in [-0.1, -0.05) is 25.1 Å². The summed E-state index contributed by atoms with van der Waals surface area (Å²) in [6, 6.07) is 2.11. The van der Waals surface area contributed by atoms with Gasteiger partial charge in [-0.25, -0.2) is 14.1 Å². The predicted octanol–water partition coefficient (Wildman–Crippen LogP) is 4.30. The van der Waals surface area contributed by atoms with Gasteiger partial charge in [0.15, 0.2) is 6.30 Å². The van der Waals surface area contributed by atoms with E-state index in [0.29, 0.717) is 33.7 Å². The molecule has 13 heteroatoms. The second-order valence-electron chi connectivity index (χ2n) is 10.7. The first-order valence-corrected chi connectivity index (χ1v) is 12.9. The minimum Gasteiger partial charge on any atom is -0.427 e. The van der Waals surface area contributed by atoms with Crippen LogP contribution in [0.5, 0.6) is 0 Å². The quantitative estimate of drug-likeness (QED) is 0.246. The van der Waals surface area contributed by atoms with Gasteiger partial charge in [-0.3, -0.25) is 19.3 Å². The van der Waals surface area contributed by atoms with Gasteiger partial charge in [0.05, 0.1) is 5.54 Å². The molecule has 220 valence electrons. The summed E-state index contributed by atoms with van der Waals surface area (Å²) in [5.41, 5.74) is 4.69. The van der Waals surface area contributed by atoms with Crippen LogP contribution < -0.4 is 11.1 Å². The van der Waals surface area contributed by atoms with Crippen molar-refractivity contribution in [3.63, 3.8) is 0 Å². The van der Waals surface area contributed by atoms with Crippen LogP contribution in [0.2, 0.25) is 0 Å². The Morgan fingerprint density at radius 1 is 1.27 bits per heavy atom. The number of benzene rings is 1. The SMILES string of the molecule is C=C(CC)CC[C@H](N(C(=O)CN1C(=O)OC2(CCc3cc(NC(=O)C(C)(C)N)ccc32)C1=O)C(C)F)C(F)(F)F. The van der Waals surface area contributed by atoms with Crippen LogP contribution in [-0.4, -0.2) is 64.2 Å². The lowest BCUT2D eigenvalue weighted by Gasteiger charge is -2.35. The maximum Gasteiger partial charge on any atom is 0.418 e. The average molecular weight is 571 g/mol. The number of allylic oxidation sites excluding steroid dienone is 1. The molecule has 1 aromatic rings. The number of halogens is 4. The third kappa shape index (κ3) is 6.13. The lowest BCUT2D eigenvalue weighted by atomic mass is 9.94. The summed E-state index contributed by atoms with van der Waals surface area (Å²) in [5, 5.41) is 2.66. The van der Waals surface area contributed by atoms with E-state index in [0.717, 1.165) is 6.92 Å². The number of hydrogen-bond acceptors (Lipinski definition) is 6. The van der Waals surface area contributed by atoms with Crippen LogP contribution in [0.4, 0.5) is 28.0 Å². The fourth-order valence-electron chi connectivity index (χ4n) is 4.84. The van der Waals surface area contributed by atoms with Gasteiger partial charge in [0.25, 0.3) is 5.91 Å². The number of alkyl halides is 4. The number of carbonyl (C=O) groups is 4. The second-order valence-corrected chi connectivity index (χ2v) is 10.7. The summed E-state index contributed by atoms with van der Waals surface area (Å²) >= 11 is 0. The minimum absolute atomic E-state index is 0.0188. The first-order chi connectivity index (χ1) is 18.4. The standard InChI is InChI=1S/C27H34F4N4O5/c1-6-15(2)7-10-20(27(29,30)31)35(16(3)28)21(36)14-34-23(38)26(40-24(34)39)12-11-17-13-18(8-9-19(17)26)33-22(37)25(4,5)32/h8-9,13,16,20H,2,6-7,10-12,14,32H2,1,3-5H3,(H,33,37)/t16?,20-,26?/m0/s1. The van der Waals surface area contributed by atoms with Crippen LogP contribution in [0.1, 0.15) is 64.5 Å². The van der Waals surface area contributed by atoms with Crippen molar-refractivity contribution in [1.29, 1.82) is 0 Å². The van der Waals surface area contributed by atoms with Crippen LogP contribution in [0.3, 0.4) is 0 Å². The number of ether oxygens (including phenoxy) is 1. The van der Waals surface area contributed by atoms with E-state index >= 15 is 0 Å². The normalized spacial score (nSPS) is 20.3. The first-order valence-electron chi connectivity index (χ1n) is 12.9. The van der Waals surface area contributed by atoms with E-state index < -0.39 is 66.4 Å². The molecule has 3 rings (SSSR count). The molecule has 0 aromatic heterocycles. The molecular formula is C27H34F4N4O5. The highest BCUT2D eigenvalue weighted by Crippen LogP contribution is 2.46. The van der Waals surface area contributed by atoms with Gasteiger partial charge in [0, 0.05) is 17.7 Å². The molecule has 1 spiro atoms. The Balaban J connectivity index is 1.83. The molecular weight excluding hydrogens is 536 g/mol. The van der Waals surface area contributed by atoms with Crippen molar-refractivity contribution in [3.8, 4) is 0 Å². The lowest BCUT2D eigenvalue weighted by Crippen LogP contribution is -2.55. The van der Waals surface area contributed by atoms with Gasteiger partial charge in [0.2, 0.25) is 17.4 Å². The molecule has 1 aliphatic heterocycles. The summed E-state index contributed by atoms with van der Waals surface area (Å²) in [7, 11) is 0. The van der Waals surface area contributed by atoms with E-state index in [1.165, 1.54) is 26.0 Å². The van der Waals surface area contributed by atoms with Crippen molar-refractivity contribution in [3.05, 3.63) is 41.5 Å². The molecule has 2 aliphatic rings. The summed E-state index contributed by atoms with van der Waals surface area (Å²) in [6.07, 6.45) is -8.53. The van der Waals surface area contributed by atoms with Crippen LogP contribution in [0.25, 0.3) is 0 Å². The monoisotopic (exact) mass is 570 g/mol. The molecule has 1 saturated heterocycles. The number of imide groups is 1. The number of anilines is 1. The fourth-order valence-corrected chi connectivity index (χ4v) is 4.84. The van der Waals surface area contributed by atoms with Gasteiger partial charge >= 0.3 is 12.3 Å². The molecule has 40 heavy (non-hydrogen) atoms. The number of nitrogens with zero attached hydrogens (tertiary/aromatic N) is 2. The maximum atomic E-state index is 14.5. The molecule has 1 aromatic carbocycles. The Morgan fingerprint density at radius 3 is 2.48 bits per heavy atom. The number of rotatable bonds is 10. The predicted molar refractivity (Wildman–Crippen MR) is 137 cm³/mol. The Bertz CT molecular complexity index is 1210. The molecule has 2 unspecified atom stereocenters. The van der Waals surface area contributed by atoms with Crippen LogP contribution >= 0.6 is 0 Å². The molecule has 4 amide bonds. The van der Waals surface area contributed by atoms with E-state index in [9.17, 15) is 36.7 Å². The molecule has 0 radical (unpaired) electrons. The molecule has 0 bridgehead atoms. The topological polar surface area (TPSA) is 122 Å². The molecule has 1 aliphatic carbocycles. The zero-order valence-electron chi connectivity index (χ0n) is 22.9. The Labute approximate surface area is 229 Å². The Morgan fingerprint density at radius 2 is 1.93 bits per heavy atom. The summed E-state index contributed by atoms with van der Waals surface area (Å²) in [6.45, 7) is 8.10. The van der Waals surface area contributed by atoms with Crippen LogP contribution in [-0.2, 0) is 31.1 Å². The largest absolute Gasteiger partial charge is 0.427 e. The maximum absolute atomic E-state index is 14.5. The number of hydrogen-bond donors (Lipinski definition) is 2. The third-order valence-electron chi connectivity index (χ3n) is 7.15. The highest BCUT2D eigenvalue weighted by molar-refractivity contribution is 6.06. The zero-order valence-corrected chi connectivity index (χ0v) is 22.9. The molecule has 1 heterocycles. The molecule has 3 atom stereocenters. The second kappa shape index (κ2) is 11.2. The van der Waals surface area contributed by atoms with Gasteiger partial charge in [0.1, 0.15) is 12.6 Å². The van der Waals surface area contributed by atoms with Crippen molar-refractivity contribution < 1.29 is 41.5 Å². The number of amides is 4. The lowest BCUT2D eigenvalue weighted by molar-refractivity contribution is -0.202. The van der Waals surface area contributed by atoms with Crippen molar-refractivity contribution in [2.24, 2.45) is 5.73 Å². The van der Waals surface area contributed by atoms with Crippen molar-refractivity contribution in [2.45, 2.75) is 89.5 Å². The third-order valence-corrected chi connectivity index (χ3v) is 7.15. The van der Waals surface area contributed by atoms with Gasteiger partial charge in [-0.2, -0.15) is 13.2 Å². The number of carbonyl (C=O) groups excluding carboxylic acids is 4. The highest BCUT2D eigenvalue weighted by atomic mass is 19.4. The van der Waals surface area contributed by atoms with E-state index in [1.54, 1.807) is 13.0 Å². The van der Waals surface area contributed by atoms with Crippen molar-refractivity contribution in [1.82, 2.24) is 9.80 Å². The minimum atomic E-state index is -4.96. The van der Waals surface area contributed by atoms with Crippen LogP contribution in [0.15, 0.2) is 30.4 Å². The molecule has 3 N–H and O–H groups in total. The van der Waals surface area contributed by atoms with E-state index in [4.69, 9.17) is 10.5 Å². The van der Waals surface area contributed by atoms with Gasteiger partial charge < -0.3 is 15.8 Å². The smallest absolute Gasteiger partial charge is 0.418 e. The number of fused-ring (bicyclic) bond motifs is 2. The highest BCUT2D eigenvalue weighted by Gasteiger charge is 2.59. The molecule has 9 nitrogen and oxygen atoms in total. The summed E-state index contributed by atoms with van der Waals surface area (Å²) in [4.78, 5) is 51.9. The molecule has 0 saturated carbocycles. The number of aryl methyl sites for hydroxylation is 1. The van der Waals surface area contributed by atoms with E-state index in [2.05, 4.69) is 11.9 Å².